The fourth-order valence-corrected chi connectivity index (χ4v) is 3.94. The molecule has 0 heterocycles. The molecular formula is C21H45Cl2NO. The fraction of sp³-hybridized carbons (Fsp3) is 1.00. The van der Waals surface area contributed by atoms with E-state index in [1.807, 2.05) is 6.92 Å². The van der Waals surface area contributed by atoms with Gasteiger partial charge in [-0.2, -0.15) is 0 Å². The lowest BCUT2D eigenvalue weighted by atomic mass is 10.0. The van der Waals surface area contributed by atoms with E-state index >= 15 is 0 Å². The SMILES string of the molecule is CCCCCCCCCCCC(Cl)CC[N+](CC)(CC)CC(C)O.[Cl-]. The summed E-state index contributed by atoms with van der Waals surface area (Å²) in [5.41, 5.74) is 0. The standard InChI is InChI=1S/C21H45ClNO.ClH/c1-5-8-9-10-11-12-13-14-15-16-21(22)17-18-23(6-2,7-3)19-20(4)24;/h20-21,24H,5-19H2,1-4H3;1H/q+1;/p-1. The largest absolute Gasteiger partial charge is 1.00 e. The highest BCUT2D eigenvalue weighted by atomic mass is 35.5. The third kappa shape index (κ3) is 15.3. The normalized spacial score (nSPS) is 14.2. The van der Waals surface area contributed by atoms with Crippen LogP contribution in [0.3, 0.4) is 0 Å². The number of hydrogen-bond donors (Lipinski definition) is 1. The van der Waals surface area contributed by atoms with Crippen molar-refractivity contribution >= 4 is 11.6 Å². The average molecular weight is 399 g/mol. The van der Waals surface area contributed by atoms with Crippen molar-refractivity contribution in [3.05, 3.63) is 0 Å². The van der Waals surface area contributed by atoms with Crippen LogP contribution in [0.15, 0.2) is 0 Å². The van der Waals surface area contributed by atoms with Gasteiger partial charge in [-0.05, 0) is 27.2 Å². The molecule has 0 saturated carbocycles. The topological polar surface area (TPSA) is 20.2 Å². The van der Waals surface area contributed by atoms with Gasteiger partial charge in [0.15, 0.2) is 0 Å². The monoisotopic (exact) mass is 397 g/mol. The van der Waals surface area contributed by atoms with Crippen LogP contribution >= 0.6 is 11.6 Å². The van der Waals surface area contributed by atoms with Gasteiger partial charge >= 0.3 is 0 Å². The Morgan fingerprint density at radius 3 is 1.72 bits per heavy atom. The molecule has 0 aromatic heterocycles. The molecule has 0 radical (unpaired) electrons. The first-order chi connectivity index (χ1) is 11.5. The number of alkyl halides is 1. The Bertz CT molecular complexity index is 271. The van der Waals surface area contributed by atoms with Crippen molar-refractivity contribution in [3.8, 4) is 0 Å². The summed E-state index contributed by atoms with van der Waals surface area (Å²) in [4.78, 5) is 0. The summed E-state index contributed by atoms with van der Waals surface area (Å²) in [6.07, 6.45) is 14.4. The number of nitrogens with zero attached hydrogens (tertiary/aromatic N) is 1. The summed E-state index contributed by atoms with van der Waals surface area (Å²) in [5.74, 6) is 0. The number of unbranched alkanes of at least 4 members (excludes halogenated alkanes) is 8. The van der Waals surface area contributed by atoms with Crippen molar-refractivity contribution in [1.82, 2.24) is 0 Å². The minimum Gasteiger partial charge on any atom is -1.00 e. The molecule has 0 bridgehead atoms. The predicted octanol–water partition coefficient (Wildman–Crippen LogP) is 3.15. The highest BCUT2D eigenvalue weighted by Crippen LogP contribution is 2.18. The first kappa shape index (κ1) is 27.7. The van der Waals surface area contributed by atoms with E-state index in [4.69, 9.17) is 11.6 Å². The number of quaternary nitrogens is 1. The summed E-state index contributed by atoms with van der Waals surface area (Å²) in [6, 6.07) is 0. The first-order valence-corrected chi connectivity index (χ1v) is 11.1. The zero-order chi connectivity index (χ0) is 18.3. The Balaban J connectivity index is 0. The molecule has 0 amide bonds. The zero-order valence-corrected chi connectivity index (χ0v) is 18.9. The van der Waals surface area contributed by atoms with Crippen LogP contribution < -0.4 is 12.4 Å². The molecule has 2 unspecified atom stereocenters. The van der Waals surface area contributed by atoms with Gasteiger partial charge < -0.3 is 22.0 Å². The maximum atomic E-state index is 9.76. The van der Waals surface area contributed by atoms with E-state index < -0.39 is 0 Å². The molecule has 25 heavy (non-hydrogen) atoms. The maximum Gasteiger partial charge on any atom is 0.105 e. The summed E-state index contributed by atoms with van der Waals surface area (Å²) in [7, 11) is 0. The third-order valence-electron chi connectivity index (χ3n) is 5.53. The van der Waals surface area contributed by atoms with Crippen molar-refractivity contribution in [1.29, 1.82) is 0 Å². The summed E-state index contributed by atoms with van der Waals surface area (Å²) in [6.45, 7) is 12.8. The molecule has 0 aliphatic rings. The lowest BCUT2D eigenvalue weighted by molar-refractivity contribution is -0.927. The molecule has 0 aliphatic heterocycles. The van der Waals surface area contributed by atoms with Gasteiger partial charge in [0, 0.05) is 11.8 Å². The number of likely N-dealkylation sites (N-methyl/N-ethyl adjacent to an activating group) is 1. The zero-order valence-electron chi connectivity index (χ0n) is 17.4. The highest BCUT2D eigenvalue weighted by Gasteiger charge is 2.26. The molecule has 0 aromatic carbocycles. The van der Waals surface area contributed by atoms with E-state index in [9.17, 15) is 5.11 Å². The van der Waals surface area contributed by atoms with Crippen LogP contribution in [0.1, 0.15) is 98.3 Å². The maximum absolute atomic E-state index is 9.76. The number of hydrogen-bond acceptors (Lipinski definition) is 1. The minimum atomic E-state index is -0.226. The number of aliphatic hydroxyl groups excluding tert-OH is 1. The molecule has 0 spiro atoms. The van der Waals surface area contributed by atoms with E-state index in [-0.39, 0.29) is 18.5 Å². The molecule has 0 saturated heterocycles. The van der Waals surface area contributed by atoms with Crippen molar-refractivity contribution in [3.63, 3.8) is 0 Å². The van der Waals surface area contributed by atoms with Crippen LogP contribution in [0.4, 0.5) is 0 Å². The van der Waals surface area contributed by atoms with E-state index in [1.165, 1.54) is 57.8 Å². The Kier molecular flexibility index (Phi) is 19.8. The smallest absolute Gasteiger partial charge is 0.105 e. The molecule has 2 atom stereocenters. The first-order valence-electron chi connectivity index (χ1n) is 10.7. The van der Waals surface area contributed by atoms with Crippen LogP contribution in [0.2, 0.25) is 0 Å². The Morgan fingerprint density at radius 2 is 1.28 bits per heavy atom. The molecule has 0 rings (SSSR count). The molecule has 0 aromatic rings. The number of aliphatic hydroxyl groups is 1. The van der Waals surface area contributed by atoms with Crippen molar-refractivity contribution < 1.29 is 22.0 Å². The highest BCUT2D eigenvalue weighted by molar-refractivity contribution is 6.20. The van der Waals surface area contributed by atoms with E-state index in [2.05, 4.69) is 20.8 Å². The van der Waals surface area contributed by atoms with Crippen molar-refractivity contribution in [2.24, 2.45) is 0 Å². The second kappa shape index (κ2) is 17.9. The van der Waals surface area contributed by atoms with Crippen LogP contribution in [0.25, 0.3) is 0 Å². The summed E-state index contributed by atoms with van der Waals surface area (Å²) >= 11 is 6.56. The van der Waals surface area contributed by atoms with Gasteiger partial charge in [-0.15, -0.1) is 11.6 Å². The molecule has 0 aliphatic carbocycles. The number of rotatable bonds is 17. The Hall–Kier alpha value is 0.500. The molecule has 1 N–H and O–H groups in total. The number of halogens is 2. The van der Waals surface area contributed by atoms with Crippen LogP contribution in [0, 0.1) is 0 Å². The van der Waals surface area contributed by atoms with Gasteiger partial charge in [-0.3, -0.25) is 0 Å². The van der Waals surface area contributed by atoms with E-state index in [0.29, 0.717) is 5.38 Å². The summed E-state index contributed by atoms with van der Waals surface area (Å²) < 4.78 is 0.999. The van der Waals surface area contributed by atoms with Crippen molar-refractivity contribution in [2.45, 2.75) is 110 Å². The van der Waals surface area contributed by atoms with E-state index in [0.717, 1.165) is 43.5 Å². The quantitative estimate of drug-likeness (QED) is 0.227. The second-order valence-corrected chi connectivity index (χ2v) is 8.35. The van der Waals surface area contributed by atoms with Gasteiger partial charge in [0.05, 0.1) is 19.6 Å². The Labute approximate surface area is 169 Å². The average Bonchev–Trinajstić information content (AvgIpc) is 2.57. The Morgan fingerprint density at radius 1 is 0.800 bits per heavy atom. The van der Waals surface area contributed by atoms with Crippen molar-refractivity contribution in [2.75, 3.05) is 26.2 Å². The van der Waals surface area contributed by atoms with Gasteiger partial charge in [0.1, 0.15) is 12.6 Å². The summed E-state index contributed by atoms with van der Waals surface area (Å²) in [5, 5.41) is 10.1. The molecule has 4 heteroatoms. The lowest BCUT2D eigenvalue weighted by Gasteiger charge is -2.38. The van der Waals surface area contributed by atoms with Gasteiger partial charge in [0.2, 0.25) is 0 Å². The minimum absolute atomic E-state index is 0. The molecular weight excluding hydrogens is 353 g/mol. The van der Waals surface area contributed by atoms with Gasteiger partial charge in [-0.25, -0.2) is 0 Å². The third-order valence-corrected chi connectivity index (χ3v) is 5.97. The molecule has 2 nitrogen and oxygen atoms in total. The van der Waals surface area contributed by atoms with E-state index in [1.54, 1.807) is 0 Å². The second-order valence-electron chi connectivity index (χ2n) is 7.73. The van der Waals surface area contributed by atoms with Gasteiger partial charge in [0.25, 0.3) is 0 Å². The van der Waals surface area contributed by atoms with Gasteiger partial charge in [-0.1, -0.05) is 64.7 Å². The fourth-order valence-electron chi connectivity index (χ4n) is 3.68. The van der Waals surface area contributed by atoms with Crippen LogP contribution in [0.5, 0.6) is 0 Å². The predicted molar refractivity (Wildman–Crippen MR) is 109 cm³/mol. The van der Waals surface area contributed by atoms with Crippen LogP contribution in [-0.2, 0) is 0 Å². The van der Waals surface area contributed by atoms with Crippen LogP contribution in [-0.4, -0.2) is 47.2 Å². The molecule has 154 valence electrons. The molecule has 0 fully saturated rings. The lowest BCUT2D eigenvalue weighted by Crippen LogP contribution is -3.00.